The Morgan fingerprint density at radius 1 is 1.20 bits per heavy atom. The van der Waals surface area contributed by atoms with Crippen molar-refractivity contribution >= 4 is 0 Å². The van der Waals surface area contributed by atoms with E-state index in [1.54, 1.807) is 6.92 Å². The van der Waals surface area contributed by atoms with Gasteiger partial charge in [0.1, 0.15) is 0 Å². The molecule has 1 aromatic carbocycles. The number of rotatable bonds is 7. The fourth-order valence-corrected chi connectivity index (χ4v) is 2.51. The molecular weight excluding hydrogens is 265 g/mol. The zero-order valence-corrected chi connectivity index (χ0v) is 12.2. The van der Waals surface area contributed by atoms with Crippen molar-refractivity contribution < 1.29 is 13.2 Å². The first-order valence-corrected chi connectivity index (χ1v) is 6.88. The lowest BCUT2D eigenvalue weighted by Crippen LogP contribution is -2.39. The minimum Gasteiger partial charge on any atom is -0.313 e. The Balaban J connectivity index is 2.69. The molecule has 0 aromatic heterocycles. The molecule has 0 aliphatic rings. The molecule has 0 spiro atoms. The molecule has 0 saturated carbocycles. The normalized spacial score (nSPS) is 15.3. The van der Waals surface area contributed by atoms with Crippen molar-refractivity contribution in [2.24, 2.45) is 5.92 Å². The summed E-state index contributed by atoms with van der Waals surface area (Å²) in [6.45, 7) is 3.70. The molecular formula is C15H23F3N2. The van der Waals surface area contributed by atoms with Crippen LogP contribution in [-0.2, 0) is 0 Å². The Bertz CT molecular complexity index is 378. The summed E-state index contributed by atoms with van der Waals surface area (Å²) in [6, 6.07) is 9.87. The van der Waals surface area contributed by atoms with Crippen LogP contribution in [0, 0.1) is 5.92 Å². The van der Waals surface area contributed by atoms with Crippen molar-refractivity contribution in [1.29, 1.82) is 0 Å². The predicted octanol–water partition coefficient (Wildman–Crippen LogP) is 3.47. The average Bonchev–Trinajstić information content (AvgIpc) is 2.38. The highest BCUT2D eigenvalue weighted by Crippen LogP contribution is 2.24. The van der Waals surface area contributed by atoms with Crippen molar-refractivity contribution in [1.82, 2.24) is 10.2 Å². The molecule has 1 rings (SSSR count). The van der Waals surface area contributed by atoms with Crippen molar-refractivity contribution in [3.05, 3.63) is 35.9 Å². The van der Waals surface area contributed by atoms with Gasteiger partial charge in [-0.25, -0.2) is 0 Å². The molecule has 0 heterocycles. The Kier molecular flexibility index (Phi) is 6.49. The van der Waals surface area contributed by atoms with Crippen LogP contribution in [0.1, 0.15) is 25.5 Å². The Labute approximate surface area is 119 Å². The third-order valence-electron chi connectivity index (χ3n) is 3.44. The van der Waals surface area contributed by atoms with Gasteiger partial charge in [-0.2, -0.15) is 13.2 Å². The van der Waals surface area contributed by atoms with Crippen LogP contribution in [0.2, 0.25) is 0 Å². The Morgan fingerprint density at radius 2 is 1.80 bits per heavy atom. The summed E-state index contributed by atoms with van der Waals surface area (Å²) in [4.78, 5) is 1.44. The first-order chi connectivity index (χ1) is 9.37. The van der Waals surface area contributed by atoms with Crippen molar-refractivity contribution in [2.45, 2.75) is 26.1 Å². The van der Waals surface area contributed by atoms with Crippen LogP contribution in [0.3, 0.4) is 0 Å². The molecule has 0 fully saturated rings. The maximum absolute atomic E-state index is 12.5. The van der Waals surface area contributed by atoms with Gasteiger partial charge in [0.15, 0.2) is 0 Å². The molecule has 5 heteroatoms. The van der Waals surface area contributed by atoms with Crippen LogP contribution in [0.25, 0.3) is 0 Å². The molecule has 1 aromatic rings. The van der Waals surface area contributed by atoms with Gasteiger partial charge in [-0.3, -0.25) is 4.90 Å². The summed E-state index contributed by atoms with van der Waals surface area (Å²) in [7, 11) is 1.84. The standard InChI is InChI=1S/C15H23F3N2/c1-4-20(11-15(16,17)18)10-12(2)14(19-3)13-8-6-5-7-9-13/h5-9,12,14,19H,4,10-11H2,1-3H3. The third-order valence-corrected chi connectivity index (χ3v) is 3.44. The lowest BCUT2D eigenvalue weighted by atomic mass is 9.94. The predicted molar refractivity (Wildman–Crippen MR) is 75.6 cm³/mol. The van der Waals surface area contributed by atoms with E-state index in [4.69, 9.17) is 0 Å². The average molecular weight is 288 g/mol. The summed E-state index contributed by atoms with van der Waals surface area (Å²) >= 11 is 0. The van der Waals surface area contributed by atoms with E-state index in [1.807, 2.05) is 44.3 Å². The summed E-state index contributed by atoms with van der Waals surface area (Å²) in [5.74, 6) is 0.0877. The van der Waals surface area contributed by atoms with E-state index in [1.165, 1.54) is 4.90 Å². The summed E-state index contributed by atoms with van der Waals surface area (Å²) < 4.78 is 37.5. The summed E-state index contributed by atoms with van der Waals surface area (Å²) in [6.07, 6.45) is -4.14. The first-order valence-electron chi connectivity index (χ1n) is 6.88. The largest absolute Gasteiger partial charge is 0.401 e. The molecule has 114 valence electrons. The van der Waals surface area contributed by atoms with Gasteiger partial charge in [-0.1, -0.05) is 44.2 Å². The van der Waals surface area contributed by atoms with Gasteiger partial charge in [-0.15, -0.1) is 0 Å². The second-order valence-electron chi connectivity index (χ2n) is 5.10. The second-order valence-corrected chi connectivity index (χ2v) is 5.10. The van der Waals surface area contributed by atoms with Gasteiger partial charge in [0.25, 0.3) is 0 Å². The zero-order valence-electron chi connectivity index (χ0n) is 12.2. The molecule has 0 bridgehead atoms. The Morgan fingerprint density at radius 3 is 2.25 bits per heavy atom. The van der Waals surface area contributed by atoms with Gasteiger partial charge in [0.2, 0.25) is 0 Å². The van der Waals surface area contributed by atoms with E-state index < -0.39 is 12.7 Å². The molecule has 20 heavy (non-hydrogen) atoms. The highest BCUT2D eigenvalue weighted by Gasteiger charge is 2.31. The summed E-state index contributed by atoms with van der Waals surface area (Å²) in [5.41, 5.74) is 1.10. The van der Waals surface area contributed by atoms with Crippen LogP contribution in [0.5, 0.6) is 0 Å². The maximum Gasteiger partial charge on any atom is 0.401 e. The number of hydrogen-bond acceptors (Lipinski definition) is 2. The Hall–Kier alpha value is -1.07. The van der Waals surface area contributed by atoms with Gasteiger partial charge in [-0.05, 0) is 25.1 Å². The maximum atomic E-state index is 12.5. The van der Waals surface area contributed by atoms with E-state index >= 15 is 0 Å². The van der Waals surface area contributed by atoms with E-state index in [0.29, 0.717) is 13.1 Å². The SMILES string of the molecule is CCN(CC(C)C(NC)c1ccccc1)CC(F)(F)F. The van der Waals surface area contributed by atoms with E-state index in [2.05, 4.69) is 5.32 Å². The minimum atomic E-state index is -4.14. The molecule has 2 nitrogen and oxygen atoms in total. The van der Waals surface area contributed by atoms with Crippen molar-refractivity contribution in [3.8, 4) is 0 Å². The molecule has 0 amide bonds. The number of halogens is 3. The topological polar surface area (TPSA) is 15.3 Å². The quantitative estimate of drug-likeness (QED) is 0.826. The molecule has 0 radical (unpaired) electrons. The molecule has 0 aliphatic carbocycles. The van der Waals surface area contributed by atoms with Gasteiger partial charge < -0.3 is 5.32 Å². The van der Waals surface area contributed by atoms with Crippen molar-refractivity contribution in [2.75, 3.05) is 26.7 Å². The fourth-order valence-electron chi connectivity index (χ4n) is 2.51. The second kappa shape index (κ2) is 7.64. The zero-order chi connectivity index (χ0) is 15.2. The lowest BCUT2D eigenvalue weighted by molar-refractivity contribution is -0.146. The van der Waals surface area contributed by atoms with Crippen LogP contribution in [0.15, 0.2) is 30.3 Å². The number of nitrogens with zero attached hydrogens (tertiary/aromatic N) is 1. The van der Waals surface area contributed by atoms with Gasteiger partial charge >= 0.3 is 6.18 Å². The smallest absolute Gasteiger partial charge is 0.313 e. The third kappa shape index (κ3) is 5.51. The highest BCUT2D eigenvalue weighted by molar-refractivity contribution is 5.19. The first kappa shape index (κ1) is 17.0. The molecule has 0 saturated heterocycles. The summed E-state index contributed by atoms with van der Waals surface area (Å²) in [5, 5.41) is 3.20. The minimum absolute atomic E-state index is 0.0542. The molecule has 0 aliphatic heterocycles. The molecule has 2 unspecified atom stereocenters. The van der Waals surface area contributed by atoms with E-state index in [9.17, 15) is 13.2 Å². The van der Waals surface area contributed by atoms with Gasteiger partial charge in [0.05, 0.1) is 6.54 Å². The lowest BCUT2D eigenvalue weighted by Gasteiger charge is -2.30. The molecule has 1 N–H and O–H groups in total. The van der Waals surface area contributed by atoms with Crippen LogP contribution in [-0.4, -0.2) is 37.8 Å². The number of alkyl halides is 3. The van der Waals surface area contributed by atoms with Crippen molar-refractivity contribution in [3.63, 3.8) is 0 Å². The number of benzene rings is 1. The molecule has 2 atom stereocenters. The highest BCUT2D eigenvalue weighted by atomic mass is 19.4. The van der Waals surface area contributed by atoms with Crippen LogP contribution < -0.4 is 5.32 Å². The number of hydrogen-bond donors (Lipinski definition) is 1. The van der Waals surface area contributed by atoms with E-state index in [0.717, 1.165) is 5.56 Å². The van der Waals surface area contributed by atoms with E-state index in [-0.39, 0.29) is 12.0 Å². The van der Waals surface area contributed by atoms with Gasteiger partial charge in [0, 0.05) is 12.6 Å². The van der Waals surface area contributed by atoms with Crippen LogP contribution >= 0.6 is 0 Å². The van der Waals surface area contributed by atoms with Crippen LogP contribution in [0.4, 0.5) is 13.2 Å². The number of nitrogens with one attached hydrogen (secondary N) is 1. The fraction of sp³-hybridized carbons (Fsp3) is 0.600. The monoisotopic (exact) mass is 288 g/mol.